The summed E-state index contributed by atoms with van der Waals surface area (Å²) in [6.07, 6.45) is 0. The van der Waals surface area contributed by atoms with E-state index in [9.17, 15) is 0 Å². The summed E-state index contributed by atoms with van der Waals surface area (Å²) in [7, 11) is 1.66. The maximum Gasteiger partial charge on any atom is 0.147 e. The van der Waals surface area contributed by atoms with Gasteiger partial charge >= 0.3 is 0 Å². The molecule has 0 saturated carbocycles. The Balaban J connectivity index is 2.17. The van der Waals surface area contributed by atoms with E-state index in [1.54, 1.807) is 7.11 Å². The van der Waals surface area contributed by atoms with Crippen molar-refractivity contribution in [2.75, 3.05) is 12.4 Å². The van der Waals surface area contributed by atoms with Crippen LogP contribution in [0.25, 0.3) is 0 Å². The van der Waals surface area contributed by atoms with Crippen molar-refractivity contribution in [3.63, 3.8) is 0 Å². The van der Waals surface area contributed by atoms with Crippen LogP contribution in [0.2, 0.25) is 0 Å². The van der Waals surface area contributed by atoms with Gasteiger partial charge < -0.3 is 10.1 Å². The second-order valence-corrected chi connectivity index (χ2v) is 6.99. The molecule has 0 spiro atoms. The molecular formula is C15H14Br3NO. The van der Waals surface area contributed by atoms with Crippen LogP contribution in [-0.2, 0) is 6.54 Å². The maximum atomic E-state index is 5.31. The van der Waals surface area contributed by atoms with Crippen LogP contribution in [0.5, 0.6) is 5.75 Å². The Kier molecular flexibility index (Phi) is 5.52. The summed E-state index contributed by atoms with van der Waals surface area (Å²) in [6.45, 7) is 2.82. The van der Waals surface area contributed by atoms with Gasteiger partial charge in [0.25, 0.3) is 0 Å². The Morgan fingerprint density at radius 1 is 1.00 bits per heavy atom. The summed E-state index contributed by atoms with van der Waals surface area (Å²) in [5, 5.41) is 3.43. The van der Waals surface area contributed by atoms with E-state index in [4.69, 9.17) is 4.74 Å². The van der Waals surface area contributed by atoms with Crippen LogP contribution in [0, 0.1) is 6.92 Å². The summed E-state index contributed by atoms with van der Waals surface area (Å²) >= 11 is 10.6. The highest BCUT2D eigenvalue weighted by atomic mass is 79.9. The first-order valence-corrected chi connectivity index (χ1v) is 8.41. The fraction of sp³-hybridized carbons (Fsp3) is 0.200. The summed E-state index contributed by atoms with van der Waals surface area (Å²) in [4.78, 5) is 0. The molecule has 0 radical (unpaired) electrons. The maximum absolute atomic E-state index is 5.31. The van der Waals surface area contributed by atoms with Gasteiger partial charge in [-0.2, -0.15) is 0 Å². The number of halogens is 3. The number of hydrogen-bond donors (Lipinski definition) is 1. The number of aryl methyl sites for hydroxylation is 1. The molecule has 1 N–H and O–H groups in total. The lowest BCUT2D eigenvalue weighted by Gasteiger charge is -2.12. The van der Waals surface area contributed by atoms with Crippen LogP contribution in [-0.4, -0.2) is 7.11 Å². The highest BCUT2D eigenvalue weighted by Gasteiger charge is 2.08. The number of methoxy groups -OCH3 is 1. The zero-order valence-corrected chi connectivity index (χ0v) is 15.9. The SMILES string of the molecule is COc1c(Br)cc(CNc2cc(C)ccc2Br)cc1Br. The lowest BCUT2D eigenvalue weighted by molar-refractivity contribution is 0.409. The van der Waals surface area contributed by atoms with Crippen LogP contribution in [0.1, 0.15) is 11.1 Å². The van der Waals surface area contributed by atoms with E-state index >= 15 is 0 Å². The predicted molar refractivity (Wildman–Crippen MR) is 94.6 cm³/mol. The minimum Gasteiger partial charge on any atom is -0.494 e. The van der Waals surface area contributed by atoms with Gasteiger partial charge in [0.05, 0.1) is 16.1 Å². The van der Waals surface area contributed by atoms with Gasteiger partial charge in [0.1, 0.15) is 5.75 Å². The van der Waals surface area contributed by atoms with Crippen molar-refractivity contribution in [1.82, 2.24) is 0 Å². The van der Waals surface area contributed by atoms with Crippen molar-refractivity contribution >= 4 is 53.5 Å². The molecule has 0 saturated heterocycles. The fourth-order valence-corrected chi connectivity index (χ4v) is 3.87. The highest BCUT2D eigenvalue weighted by molar-refractivity contribution is 9.11. The Labute approximate surface area is 144 Å². The lowest BCUT2D eigenvalue weighted by Crippen LogP contribution is -2.01. The van der Waals surface area contributed by atoms with Crippen LogP contribution < -0.4 is 10.1 Å². The first kappa shape index (κ1) is 15.9. The van der Waals surface area contributed by atoms with E-state index in [2.05, 4.69) is 90.4 Å². The van der Waals surface area contributed by atoms with Gasteiger partial charge in [-0.3, -0.25) is 0 Å². The third-order valence-corrected chi connectivity index (χ3v) is 4.74. The quantitative estimate of drug-likeness (QED) is 0.609. The molecule has 20 heavy (non-hydrogen) atoms. The third kappa shape index (κ3) is 3.77. The van der Waals surface area contributed by atoms with Crippen LogP contribution in [0.4, 0.5) is 5.69 Å². The average Bonchev–Trinajstić information content (AvgIpc) is 2.39. The largest absolute Gasteiger partial charge is 0.494 e. The van der Waals surface area contributed by atoms with Gasteiger partial charge in [0, 0.05) is 16.7 Å². The van der Waals surface area contributed by atoms with E-state index in [1.807, 2.05) is 0 Å². The molecule has 0 aliphatic heterocycles. The summed E-state index contributed by atoms with van der Waals surface area (Å²) < 4.78 is 8.25. The molecule has 2 nitrogen and oxygen atoms in total. The molecule has 2 aromatic rings. The van der Waals surface area contributed by atoms with E-state index in [1.165, 1.54) is 5.56 Å². The standard InChI is InChI=1S/C15H14Br3NO/c1-9-3-4-11(16)14(5-9)19-8-10-6-12(17)15(20-2)13(18)7-10/h3-7,19H,8H2,1-2H3. The Morgan fingerprint density at radius 2 is 1.65 bits per heavy atom. The Morgan fingerprint density at radius 3 is 2.25 bits per heavy atom. The van der Waals surface area contributed by atoms with Crippen LogP contribution in [0.3, 0.4) is 0 Å². The van der Waals surface area contributed by atoms with Crippen molar-refractivity contribution in [2.24, 2.45) is 0 Å². The van der Waals surface area contributed by atoms with Gasteiger partial charge in [0.2, 0.25) is 0 Å². The molecule has 0 amide bonds. The molecule has 0 unspecified atom stereocenters. The van der Waals surface area contributed by atoms with Crippen molar-refractivity contribution in [3.05, 3.63) is 54.9 Å². The zero-order chi connectivity index (χ0) is 14.7. The molecule has 2 rings (SSSR count). The van der Waals surface area contributed by atoms with E-state index < -0.39 is 0 Å². The first-order chi connectivity index (χ1) is 9.51. The van der Waals surface area contributed by atoms with Crippen molar-refractivity contribution in [2.45, 2.75) is 13.5 Å². The number of hydrogen-bond acceptors (Lipinski definition) is 2. The summed E-state index contributed by atoms with van der Waals surface area (Å²) in [5.41, 5.74) is 3.49. The molecule has 2 aromatic carbocycles. The fourth-order valence-electron chi connectivity index (χ4n) is 1.88. The lowest BCUT2D eigenvalue weighted by atomic mass is 10.2. The molecule has 0 bridgehead atoms. The number of nitrogens with one attached hydrogen (secondary N) is 1. The predicted octanol–water partition coefficient (Wildman–Crippen LogP) is 5.90. The molecule has 0 aliphatic carbocycles. The van der Waals surface area contributed by atoms with Crippen molar-refractivity contribution < 1.29 is 4.74 Å². The normalized spacial score (nSPS) is 10.4. The van der Waals surface area contributed by atoms with Gasteiger partial charge in [-0.05, 0) is 90.1 Å². The van der Waals surface area contributed by atoms with Gasteiger partial charge in [-0.25, -0.2) is 0 Å². The minimum absolute atomic E-state index is 0.739. The van der Waals surface area contributed by atoms with E-state index in [0.717, 1.165) is 37.0 Å². The number of rotatable bonds is 4. The van der Waals surface area contributed by atoms with Gasteiger partial charge in [0.15, 0.2) is 0 Å². The average molecular weight is 464 g/mol. The molecule has 0 aliphatic rings. The third-order valence-electron chi connectivity index (χ3n) is 2.87. The minimum atomic E-state index is 0.739. The Bertz CT molecular complexity index is 606. The monoisotopic (exact) mass is 461 g/mol. The molecule has 106 valence electrons. The van der Waals surface area contributed by atoms with Crippen LogP contribution >= 0.6 is 47.8 Å². The summed E-state index contributed by atoms with van der Waals surface area (Å²) in [5.74, 6) is 0.811. The van der Waals surface area contributed by atoms with Gasteiger partial charge in [-0.15, -0.1) is 0 Å². The number of benzene rings is 2. The van der Waals surface area contributed by atoms with Gasteiger partial charge in [-0.1, -0.05) is 6.07 Å². The van der Waals surface area contributed by atoms with Crippen molar-refractivity contribution in [1.29, 1.82) is 0 Å². The first-order valence-electron chi connectivity index (χ1n) is 6.03. The second-order valence-electron chi connectivity index (χ2n) is 4.43. The summed E-state index contributed by atoms with van der Waals surface area (Å²) in [6, 6.07) is 10.4. The molecule has 0 aromatic heterocycles. The van der Waals surface area contributed by atoms with Crippen molar-refractivity contribution in [3.8, 4) is 5.75 Å². The smallest absolute Gasteiger partial charge is 0.147 e. The number of ether oxygens (including phenoxy) is 1. The molecular weight excluding hydrogens is 450 g/mol. The van der Waals surface area contributed by atoms with E-state index in [0.29, 0.717) is 0 Å². The topological polar surface area (TPSA) is 21.3 Å². The molecule has 0 atom stereocenters. The molecule has 0 heterocycles. The molecule has 5 heteroatoms. The highest BCUT2D eigenvalue weighted by Crippen LogP contribution is 2.34. The Hall–Kier alpha value is -0.520. The van der Waals surface area contributed by atoms with E-state index in [-0.39, 0.29) is 0 Å². The molecule has 0 fully saturated rings. The zero-order valence-electron chi connectivity index (χ0n) is 11.1. The second kappa shape index (κ2) is 6.96. The van der Waals surface area contributed by atoms with Crippen LogP contribution in [0.15, 0.2) is 43.7 Å². The number of anilines is 1.